The van der Waals surface area contributed by atoms with Crippen molar-refractivity contribution in [2.75, 3.05) is 25.0 Å². The number of hydrogen-bond acceptors (Lipinski definition) is 4. The summed E-state index contributed by atoms with van der Waals surface area (Å²) in [6.07, 6.45) is 3.62. The van der Waals surface area contributed by atoms with Crippen molar-refractivity contribution in [3.8, 4) is 16.9 Å². The van der Waals surface area contributed by atoms with Crippen molar-refractivity contribution in [3.63, 3.8) is 0 Å². The molecule has 2 aromatic carbocycles. The fraction of sp³-hybridized carbons (Fsp3) is 0.414. The number of amides is 3. The van der Waals surface area contributed by atoms with Gasteiger partial charge in [-0.25, -0.2) is 9.78 Å². The quantitative estimate of drug-likeness (QED) is 0.402. The molecule has 0 bridgehead atoms. The van der Waals surface area contributed by atoms with Crippen molar-refractivity contribution in [2.24, 2.45) is 0 Å². The Morgan fingerprint density at radius 1 is 1.13 bits per heavy atom. The molecule has 1 aromatic heterocycles. The van der Waals surface area contributed by atoms with E-state index in [0.29, 0.717) is 29.8 Å². The van der Waals surface area contributed by atoms with E-state index in [2.05, 4.69) is 23.6 Å². The molecule has 1 aliphatic heterocycles. The van der Waals surface area contributed by atoms with Gasteiger partial charge in [-0.1, -0.05) is 29.8 Å². The molecule has 0 unspecified atom stereocenters. The number of ether oxygens (including phenoxy) is 1. The summed E-state index contributed by atoms with van der Waals surface area (Å²) in [5, 5.41) is 6.54. The van der Waals surface area contributed by atoms with Gasteiger partial charge >= 0.3 is 6.03 Å². The molecule has 9 heteroatoms. The van der Waals surface area contributed by atoms with Crippen molar-refractivity contribution in [1.82, 2.24) is 19.8 Å². The van der Waals surface area contributed by atoms with Crippen molar-refractivity contribution in [1.29, 1.82) is 0 Å². The molecular weight excluding hydrogens is 502 g/mol. The van der Waals surface area contributed by atoms with Crippen molar-refractivity contribution in [3.05, 3.63) is 64.8 Å². The molecule has 38 heavy (non-hydrogen) atoms. The van der Waals surface area contributed by atoms with E-state index in [1.54, 1.807) is 12.1 Å². The van der Waals surface area contributed by atoms with Gasteiger partial charge in [0.25, 0.3) is 0 Å². The molecule has 1 aliphatic rings. The van der Waals surface area contributed by atoms with E-state index in [0.717, 1.165) is 29.7 Å². The number of nitrogens with one attached hydrogen (secondary N) is 2. The Balaban J connectivity index is 1.61. The van der Waals surface area contributed by atoms with Crippen LogP contribution in [0, 0.1) is 13.8 Å². The van der Waals surface area contributed by atoms with Crippen LogP contribution in [0.3, 0.4) is 0 Å². The fourth-order valence-corrected chi connectivity index (χ4v) is 4.42. The van der Waals surface area contributed by atoms with Crippen LogP contribution in [0.5, 0.6) is 0 Å². The van der Waals surface area contributed by atoms with Gasteiger partial charge in [-0.15, -0.1) is 0 Å². The van der Waals surface area contributed by atoms with Gasteiger partial charge in [0, 0.05) is 41.2 Å². The summed E-state index contributed by atoms with van der Waals surface area (Å²) in [7, 11) is 0. The molecule has 3 aromatic rings. The summed E-state index contributed by atoms with van der Waals surface area (Å²) in [5.74, 6) is 0.0295. The van der Waals surface area contributed by atoms with Crippen LogP contribution in [-0.2, 0) is 9.53 Å². The minimum atomic E-state index is -0.435. The van der Waals surface area contributed by atoms with Gasteiger partial charge in [0.15, 0.2) is 0 Å². The highest BCUT2D eigenvalue weighted by molar-refractivity contribution is 6.30. The van der Waals surface area contributed by atoms with Crippen LogP contribution >= 0.6 is 11.6 Å². The highest BCUT2D eigenvalue weighted by Crippen LogP contribution is 2.26. The molecule has 1 fully saturated rings. The zero-order valence-corrected chi connectivity index (χ0v) is 23.4. The van der Waals surface area contributed by atoms with E-state index in [-0.39, 0.29) is 24.6 Å². The lowest BCUT2D eigenvalue weighted by Gasteiger charge is -2.29. The smallest absolute Gasteiger partial charge is 0.318 e. The average molecular weight is 538 g/mol. The van der Waals surface area contributed by atoms with E-state index in [1.807, 2.05) is 62.7 Å². The Hall–Kier alpha value is -3.36. The zero-order valence-electron chi connectivity index (χ0n) is 22.7. The van der Waals surface area contributed by atoms with Crippen LogP contribution in [0.1, 0.15) is 44.7 Å². The monoisotopic (exact) mass is 537 g/mol. The number of benzene rings is 2. The molecule has 0 aliphatic carbocycles. The summed E-state index contributed by atoms with van der Waals surface area (Å²) < 4.78 is 7.60. The zero-order chi connectivity index (χ0) is 27.4. The molecule has 1 atom stereocenters. The molecule has 1 saturated heterocycles. The molecule has 202 valence electrons. The molecule has 2 heterocycles. The number of aryl methyl sites for hydroxylation is 2. The lowest BCUT2D eigenvalue weighted by molar-refractivity contribution is -0.117. The number of urea groups is 1. The highest BCUT2D eigenvalue weighted by atomic mass is 35.5. The first-order valence-corrected chi connectivity index (χ1v) is 13.3. The van der Waals surface area contributed by atoms with Crippen LogP contribution in [-0.4, -0.2) is 57.7 Å². The normalized spacial score (nSPS) is 15.4. The van der Waals surface area contributed by atoms with Crippen LogP contribution in [0.4, 0.5) is 10.7 Å². The van der Waals surface area contributed by atoms with Crippen LogP contribution in [0.15, 0.2) is 48.7 Å². The van der Waals surface area contributed by atoms with Gasteiger partial charge in [0.05, 0.1) is 11.8 Å². The Labute approximate surface area is 229 Å². The van der Waals surface area contributed by atoms with Crippen LogP contribution in [0.25, 0.3) is 16.9 Å². The molecule has 0 spiro atoms. The lowest BCUT2D eigenvalue weighted by atomic mass is 10.1. The number of aromatic nitrogens is 2. The Bertz CT molecular complexity index is 1290. The third-order valence-corrected chi connectivity index (χ3v) is 6.67. The number of carbonyl (C=O) groups is 2. The van der Waals surface area contributed by atoms with Gasteiger partial charge in [-0.3, -0.25) is 14.7 Å². The fourth-order valence-electron chi connectivity index (χ4n) is 4.29. The number of carbonyl (C=O) groups excluding carboxylic acids is 2. The Morgan fingerprint density at radius 2 is 1.87 bits per heavy atom. The molecule has 4 rings (SSSR count). The maximum atomic E-state index is 13.3. The second-order valence-electron chi connectivity index (χ2n) is 10.8. The van der Waals surface area contributed by atoms with Gasteiger partial charge < -0.3 is 15.0 Å². The van der Waals surface area contributed by atoms with Crippen LogP contribution in [0.2, 0.25) is 5.02 Å². The number of halogens is 1. The first-order valence-electron chi connectivity index (χ1n) is 12.9. The third-order valence-electron chi connectivity index (χ3n) is 6.42. The highest BCUT2D eigenvalue weighted by Gasteiger charge is 2.27. The average Bonchev–Trinajstić information content (AvgIpc) is 3.50. The van der Waals surface area contributed by atoms with Gasteiger partial charge in [-0.2, -0.15) is 0 Å². The summed E-state index contributed by atoms with van der Waals surface area (Å²) >= 11 is 6.08. The summed E-state index contributed by atoms with van der Waals surface area (Å²) in [5.41, 5.74) is 4.30. The third kappa shape index (κ3) is 7.14. The molecular formula is C29H36ClN5O3. The van der Waals surface area contributed by atoms with Crippen molar-refractivity contribution >= 4 is 29.5 Å². The van der Waals surface area contributed by atoms with Gasteiger partial charge in [-0.05, 0) is 82.9 Å². The second kappa shape index (κ2) is 11.6. The number of rotatable bonds is 7. The number of imidazole rings is 1. The van der Waals surface area contributed by atoms with E-state index in [4.69, 9.17) is 21.3 Å². The Morgan fingerprint density at radius 3 is 2.50 bits per heavy atom. The standard InChI is InChI=1S/C29H36ClN5O3/c1-19-8-13-23(15-20(19)2)35-17-25(21-9-11-22(30)12-10-21)31-27(35)32-26(36)18-34(16-24-7-6-14-38-24)28(37)33-29(3,4)5/h8-13,15,17,24H,6-7,14,16,18H2,1-5H3,(H,33,37)(H,31,32,36)/t24-/m1/s1. The lowest BCUT2D eigenvalue weighted by Crippen LogP contribution is -2.52. The SMILES string of the molecule is Cc1ccc(-n2cc(-c3ccc(Cl)cc3)nc2NC(=O)CN(C[C@H]2CCCO2)C(=O)NC(C)(C)C)cc1C. The summed E-state index contributed by atoms with van der Waals surface area (Å²) in [6, 6.07) is 13.2. The topological polar surface area (TPSA) is 88.5 Å². The largest absolute Gasteiger partial charge is 0.376 e. The molecule has 3 amide bonds. The summed E-state index contributed by atoms with van der Waals surface area (Å²) in [4.78, 5) is 32.6. The first kappa shape index (κ1) is 27.7. The number of anilines is 1. The van der Waals surface area contributed by atoms with Crippen LogP contribution < -0.4 is 10.6 Å². The molecule has 8 nitrogen and oxygen atoms in total. The minimum absolute atomic E-state index is 0.0810. The summed E-state index contributed by atoms with van der Waals surface area (Å²) in [6.45, 7) is 10.7. The van der Waals surface area contributed by atoms with E-state index in [1.165, 1.54) is 10.5 Å². The van der Waals surface area contributed by atoms with Gasteiger partial charge in [0.2, 0.25) is 11.9 Å². The van der Waals surface area contributed by atoms with E-state index < -0.39 is 5.54 Å². The minimum Gasteiger partial charge on any atom is -0.376 e. The number of nitrogens with zero attached hydrogens (tertiary/aromatic N) is 3. The Kier molecular flexibility index (Phi) is 8.43. The van der Waals surface area contributed by atoms with Gasteiger partial charge in [0.1, 0.15) is 6.54 Å². The number of hydrogen-bond donors (Lipinski definition) is 2. The predicted octanol–water partition coefficient (Wildman–Crippen LogP) is 5.74. The molecule has 0 radical (unpaired) electrons. The predicted molar refractivity (Wildman–Crippen MR) is 151 cm³/mol. The molecule has 0 saturated carbocycles. The first-order chi connectivity index (χ1) is 18.0. The second-order valence-corrected chi connectivity index (χ2v) is 11.3. The maximum Gasteiger partial charge on any atom is 0.318 e. The molecule has 2 N–H and O–H groups in total. The van der Waals surface area contributed by atoms with Crippen molar-refractivity contribution < 1.29 is 14.3 Å². The van der Waals surface area contributed by atoms with E-state index in [9.17, 15) is 9.59 Å². The van der Waals surface area contributed by atoms with Crippen molar-refractivity contribution in [2.45, 2.75) is 59.1 Å². The van der Waals surface area contributed by atoms with E-state index >= 15 is 0 Å². The maximum absolute atomic E-state index is 13.3.